The van der Waals surface area contributed by atoms with Crippen LogP contribution in [0.4, 0.5) is 0 Å². The van der Waals surface area contributed by atoms with Gasteiger partial charge >= 0.3 is 0 Å². The van der Waals surface area contributed by atoms with E-state index in [1.807, 2.05) is 0 Å². The fourth-order valence-corrected chi connectivity index (χ4v) is 2.65. The molecule has 0 atom stereocenters. The average Bonchev–Trinajstić information content (AvgIpc) is 2.47. The third-order valence-corrected chi connectivity index (χ3v) is 3.45. The van der Waals surface area contributed by atoms with Crippen molar-refractivity contribution in [3.05, 3.63) is 0 Å². The molecule has 2 heteroatoms. The van der Waals surface area contributed by atoms with Crippen molar-refractivity contribution in [2.75, 3.05) is 26.2 Å². The van der Waals surface area contributed by atoms with Crippen molar-refractivity contribution >= 4 is 0 Å². The Labute approximate surface area is 75.1 Å². The molecule has 0 radical (unpaired) electrons. The molecule has 12 heavy (non-hydrogen) atoms. The van der Waals surface area contributed by atoms with Gasteiger partial charge in [0.25, 0.3) is 0 Å². The molecule has 0 amide bonds. The van der Waals surface area contributed by atoms with Crippen LogP contribution in [-0.4, -0.2) is 26.2 Å². The van der Waals surface area contributed by atoms with Gasteiger partial charge in [0, 0.05) is 6.54 Å². The Hall–Kier alpha value is -0.0800. The summed E-state index contributed by atoms with van der Waals surface area (Å²) in [5, 5.41) is 6.98. The van der Waals surface area contributed by atoms with Gasteiger partial charge in [-0.2, -0.15) is 0 Å². The molecule has 0 aromatic heterocycles. The number of rotatable bonds is 0. The maximum absolute atomic E-state index is 3.51. The molecule has 2 fully saturated rings. The summed E-state index contributed by atoms with van der Waals surface area (Å²) in [5.74, 6) is 0. The van der Waals surface area contributed by atoms with E-state index in [4.69, 9.17) is 0 Å². The third-order valence-electron chi connectivity index (χ3n) is 3.45. The van der Waals surface area contributed by atoms with Crippen LogP contribution in [0.1, 0.15) is 32.1 Å². The molecule has 2 aliphatic heterocycles. The highest BCUT2D eigenvalue weighted by molar-refractivity contribution is 4.88. The summed E-state index contributed by atoms with van der Waals surface area (Å²) in [7, 11) is 0. The first-order valence-corrected chi connectivity index (χ1v) is 5.33. The van der Waals surface area contributed by atoms with Gasteiger partial charge in [0.05, 0.1) is 0 Å². The molecule has 2 saturated heterocycles. The fourth-order valence-electron chi connectivity index (χ4n) is 2.65. The van der Waals surface area contributed by atoms with Crippen molar-refractivity contribution in [2.45, 2.75) is 32.1 Å². The first kappa shape index (κ1) is 8.52. The Morgan fingerprint density at radius 1 is 0.750 bits per heavy atom. The van der Waals surface area contributed by atoms with E-state index in [1.165, 1.54) is 58.3 Å². The molecule has 1 spiro atoms. The molecule has 70 valence electrons. The van der Waals surface area contributed by atoms with Gasteiger partial charge in [0.2, 0.25) is 0 Å². The largest absolute Gasteiger partial charge is 0.317 e. The Morgan fingerprint density at radius 2 is 1.50 bits per heavy atom. The van der Waals surface area contributed by atoms with E-state index in [0.29, 0.717) is 5.41 Å². The zero-order chi connectivity index (χ0) is 8.28. The van der Waals surface area contributed by atoms with Gasteiger partial charge in [-0.3, -0.25) is 0 Å². The van der Waals surface area contributed by atoms with E-state index < -0.39 is 0 Å². The van der Waals surface area contributed by atoms with Crippen LogP contribution in [0.15, 0.2) is 0 Å². The van der Waals surface area contributed by atoms with Gasteiger partial charge < -0.3 is 10.6 Å². The summed E-state index contributed by atoms with van der Waals surface area (Å²) in [6.07, 6.45) is 7.05. The molecule has 0 unspecified atom stereocenters. The Kier molecular flexibility index (Phi) is 2.66. The van der Waals surface area contributed by atoms with E-state index in [9.17, 15) is 0 Å². The van der Waals surface area contributed by atoms with E-state index in [2.05, 4.69) is 10.6 Å². The molecule has 0 aromatic rings. The fraction of sp³-hybridized carbons (Fsp3) is 1.00. The summed E-state index contributed by atoms with van der Waals surface area (Å²) in [6.45, 7) is 5.02. The minimum atomic E-state index is 0.697. The van der Waals surface area contributed by atoms with Crippen LogP contribution in [0, 0.1) is 5.41 Å². The van der Waals surface area contributed by atoms with Crippen LogP contribution in [0.25, 0.3) is 0 Å². The van der Waals surface area contributed by atoms with Gasteiger partial charge in [-0.1, -0.05) is 0 Å². The van der Waals surface area contributed by atoms with E-state index in [0.717, 1.165) is 0 Å². The quantitative estimate of drug-likeness (QED) is 0.566. The molecular formula is C10H20N2. The van der Waals surface area contributed by atoms with Crippen LogP contribution >= 0.6 is 0 Å². The maximum atomic E-state index is 3.51. The highest BCUT2D eigenvalue weighted by Gasteiger charge is 2.32. The standard InChI is InChI=1S/C10H20N2/c1-3-10(5-8-12-9-10)4-2-7-11-6-1/h11-12H,1-9H2. The summed E-state index contributed by atoms with van der Waals surface area (Å²) in [5.41, 5.74) is 0.697. The number of hydrogen-bond donors (Lipinski definition) is 2. The Balaban J connectivity index is 1.92. The van der Waals surface area contributed by atoms with E-state index >= 15 is 0 Å². The van der Waals surface area contributed by atoms with Crippen molar-refractivity contribution in [3.8, 4) is 0 Å². The molecule has 0 aromatic carbocycles. The second kappa shape index (κ2) is 3.75. The summed E-state index contributed by atoms with van der Waals surface area (Å²) < 4.78 is 0. The number of nitrogens with one attached hydrogen (secondary N) is 2. The smallest absolute Gasteiger partial charge is 0.000830 e. The maximum Gasteiger partial charge on any atom is 0.000830 e. The van der Waals surface area contributed by atoms with Gasteiger partial charge in [-0.15, -0.1) is 0 Å². The lowest BCUT2D eigenvalue weighted by Gasteiger charge is -2.30. The minimum absolute atomic E-state index is 0.697. The van der Waals surface area contributed by atoms with Crippen molar-refractivity contribution < 1.29 is 0 Å². The van der Waals surface area contributed by atoms with Crippen molar-refractivity contribution in [1.29, 1.82) is 0 Å². The molecule has 2 aliphatic rings. The second-order valence-corrected chi connectivity index (χ2v) is 4.38. The molecule has 2 nitrogen and oxygen atoms in total. The molecule has 0 bridgehead atoms. The van der Waals surface area contributed by atoms with E-state index in [-0.39, 0.29) is 0 Å². The predicted molar refractivity (Wildman–Crippen MR) is 51.3 cm³/mol. The molecule has 0 aliphatic carbocycles. The third kappa shape index (κ3) is 1.80. The van der Waals surface area contributed by atoms with E-state index in [1.54, 1.807) is 0 Å². The topological polar surface area (TPSA) is 24.1 Å². The molecule has 0 saturated carbocycles. The minimum Gasteiger partial charge on any atom is -0.317 e. The first-order valence-electron chi connectivity index (χ1n) is 5.33. The van der Waals surface area contributed by atoms with Crippen molar-refractivity contribution in [3.63, 3.8) is 0 Å². The second-order valence-electron chi connectivity index (χ2n) is 4.38. The summed E-state index contributed by atoms with van der Waals surface area (Å²) in [6, 6.07) is 0. The zero-order valence-corrected chi connectivity index (χ0v) is 7.86. The lowest BCUT2D eigenvalue weighted by molar-refractivity contribution is 0.242. The molecular weight excluding hydrogens is 148 g/mol. The Bertz CT molecular complexity index is 129. The van der Waals surface area contributed by atoms with Gasteiger partial charge in [-0.25, -0.2) is 0 Å². The van der Waals surface area contributed by atoms with Crippen molar-refractivity contribution in [1.82, 2.24) is 10.6 Å². The lowest BCUT2D eigenvalue weighted by Crippen LogP contribution is -2.30. The average molecular weight is 168 g/mol. The van der Waals surface area contributed by atoms with Crippen LogP contribution in [0.5, 0.6) is 0 Å². The van der Waals surface area contributed by atoms with Crippen molar-refractivity contribution in [2.24, 2.45) is 5.41 Å². The summed E-state index contributed by atoms with van der Waals surface area (Å²) in [4.78, 5) is 0. The normalized spacial score (nSPS) is 30.0. The molecule has 2 rings (SSSR count). The predicted octanol–water partition coefficient (Wildman–Crippen LogP) is 1.13. The highest BCUT2D eigenvalue weighted by Crippen LogP contribution is 2.36. The van der Waals surface area contributed by atoms with Crippen LogP contribution < -0.4 is 10.6 Å². The van der Waals surface area contributed by atoms with Crippen LogP contribution in [0.3, 0.4) is 0 Å². The monoisotopic (exact) mass is 168 g/mol. The van der Waals surface area contributed by atoms with Gasteiger partial charge in [0.1, 0.15) is 0 Å². The lowest BCUT2D eigenvalue weighted by atomic mass is 9.77. The van der Waals surface area contributed by atoms with Crippen LogP contribution in [0.2, 0.25) is 0 Å². The first-order chi connectivity index (χ1) is 5.91. The Morgan fingerprint density at radius 3 is 2.08 bits per heavy atom. The van der Waals surface area contributed by atoms with Gasteiger partial charge in [-0.05, 0) is 57.2 Å². The molecule has 2 N–H and O–H groups in total. The zero-order valence-electron chi connectivity index (χ0n) is 7.86. The highest BCUT2D eigenvalue weighted by atomic mass is 14.9. The SMILES string of the molecule is C1CNCCCC2(C1)CCNC2. The van der Waals surface area contributed by atoms with Gasteiger partial charge in [0.15, 0.2) is 0 Å². The number of hydrogen-bond acceptors (Lipinski definition) is 2. The molecule has 2 heterocycles. The summed E-state index contributed by atoms with van der Waals surface area (Å²) >= 11 is 0. The van der Waals surface area contributed by atoms with Crippen LogP contribution in [-0.2, 0) is 0 Å².